The molecule has 0 spiro atoms. The van der Waals surface area contributed by atoms with E-state index in [0.717, 1.165) is 32.7 Å². The molecule has 3 nitrogen and oxygen atoms in total. The summed E-state index contributed by atoms with van der Waals surface area (Å²) in [6, 6.07) is 13.1. The minimum Gasteiger partial charge on any atom is -0.342 e. The van der Waals surface area contributed by atoms with Gasteiger partial charge in [-0.2, -0.15) is 0 Å². The molecule has 1 saturated heterocycles. The van der Waals surface area contributed by atoms with E-state index in [1.807, 2.05) is 11.3 Å². The average molecular weight is 385 g/mol. The number of thiophene rings is 1. The van der Waals surface area contributed by atoms with Crippen molar-refractivity contribution in [2.45, 2.75) is 40.2 Å². The highest BCUT2D eigenvalue weighted by Crippen LogP contribution is 2.35. The van der Waals surface area contributed by atoms with Crippen LogP contribution in [0.1, 0.15) is 42.7 Å². The van der Waals surface area contributed by atoms with Gasteiger partial charge in [-0.05, 0) is 41.3 Å². The van der Waals surface area contributed by atoms with Gasteiger partial charge in [0.05, 0.1) is 0 Å². The van der Waals surface area contributed by atoms with E-state index in [1.54, 1.807) is 6.92 Å². The Morgan fingerprint density at radius 1 is 1.22 bits per heavy atom. The number of rotatable bonds is 7. The topological polar surface area (TPSA) is 23.6 Å². The first-order valence-corrected chi connectivity index (χ1v) is 10.9. The van der Waals surface area contributed by atoms with Crippen LogP contribution in [0.15, 0.2) is 41.8 Å². The number of hydrogen-bond donors (Lipinski definition) is 0. The predicted molar refractivity (Wildman–Crippen MR) is 114 cm³/mol. The predicted octanol–water partition coefficient (Wildman–Crippen LogP) is 4.78. The number of benzene rings is 1. The summed E-state index contributed by atoms with van der Waals surface area (Å²) in [4.78, 5) is 18.3. The highest BCUT2D eigenvalue weighted by Gasteiger charge is 2.35. The van der Waals surface area contributed by atoms with E-state index >= 15 is 0 Å². The molecule has 1 aromatic heterocycles. The van der Waals surface area contributed by atoms with Crippen LogP contribution >= 0.6 is 11.3 Å². The third kappa shape index (κ3) is 5.20. The maximum absolute atomic E-state index is 12.2. The van der Waals surface area contributed by atoms with Gasteiger partial charge in [0.25, 0.3) is 0 Å². The fourth-order valence-corrected chi connectivity index (χ4v) is 5.12. The first-order chi connectivity index (χ1) is 12.9. The molecule has 146 valence electrons. The lowest BCUT2D eigenvalue weighted by Crippen LogP contribution is -2.38. The zero-order valence-corrected chi connectivity index (χ0v) is 17.8. The minimum absolute atomic E-state index is 0.197. The largest absolute Gasteiger partial charge is 0.342 e. The quantitative estimate of drug-likeness (QED) is 0.686. The van der Waals surface area contributed by atoms with Crippen molar-refractivity contribution in [2.75, 3.05) is 26.2 Å². The van der Waals surface area contributed by atoms with Gasteiger partial charge in [0, 0.05) is 50.4 Å². The highest BCUT2D eigenvalue weighted by molar-refractivity contribution is 7.10. The molecule has 1 aliphatic heterocycles. The smallest absolute Gasteiger partial charge is 0.219 e. The molecule has 1 aromatic carbocycles. The molecule has 1 amide bonds. The fraction of sp³-hybridized carbons (Fsp3) is 0.522. The Balaban J connectivity index is 1.77. The van der Waals surface area contributed by atoms with Crippen LogP contribution in [0.2, 0.25) is 0 Å². The molecule has 0 bridgehead atoms. The third-order valence-corrected chi connectivity index (χ3v) is 6.57. The summed E-state index contributed by atoms with van der Waals surface area (Å²) in [5, 5.41) is 2.19. The van der Waals surface area contributed by atoms with Crippen molar-refractivity contribution in [3.05, 3.63) is 57.8 Å². The summed E-state index contributed by atoms with van der Waals surface area (Å²) in [7, 11) is 0. The van der Waals surface area contributed by atoms with Gasteiger partial charge in [-0.1, -0.05) is 44.2 Å². The molecule has 2 aromatic rings. The molecule has 2 atom stereocenters. The minimum atomic E-state index is 0.197. The SMILES string of the molecule is CC(=O)N(CC(C)C)C[C@@H]1CN(Cc2sccc2C)C[C@H]1c1ccccc1. The van der Waals surface area contributed by atoms with Gasteiger partial charge in [-0.3, -0.25) is 9.69 Å². The number of amides is 1. The zero-order chi connectivity index (χ0) is 19.4. The second kappa shape index (κ2) is 9.03. The molecule has 1 fully saturated rings. The van der Waals surface area contributed by atoms with E-state index in [-0.39, 0.29) is 5.91 Å². The van der Waals surface area contributed by atoms with Crippen LogP contribution in [0.5, 0.6) is 0 Å². The van der Waals surface area contributed by atoms with Crippen LogP contribution in [0.25, 0.3) is 0 Å². The molecule has 1 aliphatic rings. The lowest BCUT2D eigenvalue weighted by Gasteiger charge is -2.29. The first kappa shape index (κ1) is 20.1. The summed E-state index contributed by atoms with van der Waals surface area (Å²) in [6.07, 6.45) is 0. The average Bonchev–Trinajstić information content (AvgIpc) is 3.21. The molecule has 4 heteroatoms. The second-order valence-electron chi connectivity index (χ2n) is 8.32. The fourth-order valence-electron chi connectivity index (χ4n) is 4.18. The van der Waals surface area contributed by atoms with E-state index < -0.39 is 0 Å². The number of likely N-dealkylation sites (tertiary alicyclic amines) is 1. The van der Waals surface area contributed by atoms with Gasteiger partial charge in [-0.25, -0.2) is 0 Å². The van der Waals surface area contributed by atoms with Crippen LogP contribution < -0.4 is 0 Å². The second-order valence-corrected chi connectivity index (χ2v) is 9.32. The van der Waals surface area contributed by atoms with Crippen molar-refractivity contribution < 1.29 is 4.79 Å². The van der Waals surface area contributed by atoms with E-state index in [1.165, 1.54) is 16.0 Å². The molecular weight excluding hydrogens is 352 g/mol. The Bertz CT molecular complexity index is 740. The summed E-state index contributed by atoms with van der Waals surface area (Å²) in [6.45, 7) is 13.1. The molecule has 0 aliphatic carbocycles. The molecule has 0 saturated carbocycles. The highest BCUT2D eigenvalue weighted by atomic mass is 32.1. The monoisotopic (exact) mass is 384 g/mol. The molecule has 27 heavy (non-hydrogen) atoms. The lowest BCUT2D eigenvalue weighted by molar-refractivity contribution is -0.130. The van der Waals surface area contributed by atoms with E-state index in [9.17, 15) is 4.79 Å². The van der Waals surface area contributed by atoms with Gasteiger partial charge >= 0.3 is 0 Å². The van der Waals surface area contributed by atoms with Gasteiger partial charge in [-0.15, -0.1) is 11.3 Å². The van der Waals surface area contributed by atoms with Crippen LogP contribution in [0.4, 0.5) is 0 Å². The molecule has 2 heterocycles. The number of hydrogen-bond acceptors (Lipinski definition) is 3. The maximum atomic E-state index is 12.2. The Morgan fingerprint density at radius 3 is 2.56 bits per heavy atom. The van der Waals surface area contributed by atoms with Crippen LogP contribution in [0.3, 0.4) is 0 Å². The first-order valence-electron chi connectivity index (χ1n) is 9.99. The Morgan fingerprint density at radius 2 is 1.96 bits per heavy atom. The van der Waals surface area contributed by atoms with Crippen molar-refractivity contribution in [1.29, 1.82) is 0 Å². The van der Waals surface area contributed by atoms with Gasteiger partial charge in [0.15, 0.2) is 0 Å². The maximum Gasteiger partial charge on any atom is 0.219 e. The molecule has 0 unspecified atom stereocenters. The molecule has 0 radical (unpaired) electrons. The number of nitrogens with zero attached hydrogens (tertiary/aromatic N) is 2. The summed E-state index contributed by atoms with van der Waals surface area (Å²) < 4.78 is 0. The van der Waals surface area contributed by atoms with Crippen molar-refractivity contribution in [2.24, 2.45) is 11.8 Å². The van der Waals surface area contributed by atoms with E-state index in [4.69, 9.17) is 0 Å². The Kier molecular flexibility index (Phi) is 6.72. The van der Waals surface area contributed by atoms with Crippen molar-refractivity contribution in [1.82, 2.24) is 9.80 Å². The van der Waals surface area contributed by atoms with Gasteiger partial charge in [0.1, 0.15) is 0 Å². The Labute approximate surface area is 168 Å². The molecule has 0 N–H and O–H groups in total. The van der Waals surface area contributed by atoms with Crippen molar-refractivity contribution in [3.63, 3.8) is 0 Å². The van der Waals surface area contributed by atoms with Crippen molar-refractivity contribution in [3.8, 4) is 0 Å². The zero-order valence-electron chi connectivity index (χ0n) is 17.0. The summed E-state index contributed by atoms with van der Waals surface area (Å²) >= 11 is 1.86. The van der Waals surface area contributed by atoms with Gasteiger partial charge < -0.3 is 4.90 Å². The summed E-state index contributed by atoms with van der Waals surface area (Å²) in [5.41, 5.74) is 2.80. The van der Waals surface area contributed by atoms with Crippen LogP contribution in [-0.2, 0) is 11.3 Å². The number of carbonyl (C=O) groups excluding carboxylic acids is 1. The van der Waals surface area contributed by atoms with E-state index in [0.29, 0.717) is 17.8 Å². The number of aryl methyl sites for hydroxylation is 1. The normalized spacial score (nSPS) is 20.3. The van der Waals surface area contributed by atoms with Crippen LogP contribution in [0, 0.1) is 18.8 Å². The molecular formula is C23H32N2OS. The van der Waals surface area contributed by atoms with Crippen LogP contribution in [-0.4, -0.2) is 41.9 Å². The third-order valence-electron chi connectivity index (χ3n) is 5.57. The standard InChI is InChI=1S/C23H32N2OS/c1-17(2)12-25(19(4)26)14-21-13-24(16-23-18(3)10-11-27-23)15-22(21)20-8-6-5-7-9-20/h5-11,17,21-22H,12-16H2,1-4H3/t21-,22-/m0/s1. The molecule has 3 rings (SSSR count). The lowest BCUT2D eigenvalue weighted by atomic mass is 9.88. The summed E-state index contributed by atoms with van der Waals surface area (Å²) in [5.74, 6) is 1.66. The van der Waals surface area contributed by atoms with Crippen molar-refractivity contribution >= 4 is 17.2 Å². The number of carbonyl (C=O) groups is 1. The Hall–Kier alpha value is -1.65. The van der Waals surface area contributed by atoms with Gasteiger partial charge in [0.2, 0.25) is 5.91 Å². The van der Waals surface area contributed by atoms with E-state index in [2.05, 4.69) is 72.3 Å².